The summed E-state index contributed by atoms with van der Waals surface area (Å²) in [6.45, 7) is 13.6. The Morgan fingerprint density at radius 2 is 1.84 bits per heavy atom. The fourth-order valence-electron chi connectivity index (χ4n) is 2.38. The van der Waals surface area contributed by atoms with Gasteiger partial charge in [-0.05, 0) is 49.0 Å². The Morgan fingerprint density at radius 3 is 2.32 bits per heavy atom. The van der Waals surface area contributed by atoms with Gasteiger partial charge in [0.25, 0.3) is 0 Å². The Labute approximate surface area is 120 Å². The zero-order valence-corrected chi connectivity index (χ0v) is 13.5. The molecule has 0 aromatic heterocycles. The first-order valence-electron chi connectivity index (χ1n) is 8.08. The quantitative estimate of drug-likeness (QED) is 0.418. The van der Waals surface area contributed by atoms with Crippen molar-refractivity contribution in [3.63, 3.8) is 0 Å². The molecule has 0 amide bonds. The highest BCUT2D eigenvalue weighted by Crippen LogP contribution is 2.40. The van der Waals surface area contributed by atoms with E-state index in [4.69, 9.17) is 0 Å². The molecule has 0 aromatic rings. The van der Waals surface area contributed by atoms with Gasteiger partial charge in [-0.15, -0.1) is 0 Å². The SMILES string of the molecule is C=C(CC1CC1)C(=CC=CCC)CC(C)(CC)CC. The molecule has 0 saturated heterocycles. The van der Waals surface area contributed by atoms with Crippen LogP contribution < -0.4 is 0 Å². The van der Waals surface area contributed by atoms with Crippen LogP contribution in [0, 0.1) is 11.3 Å². The van der Waals surface area contributed by atoms with E-state index in [9.17, 15) is 0 Å². The van der Waals surface area contributed by atoms with Gasteiger partial charge in [-0.25, -0.2) is 0 Å². The lowest BCUT2D eigenvalue weighted by Crippen LogP contribution is -2.15. The van der Waals surface area contributed by atoms with Gasteiger partial charge in [-0.3, -0.25) is 0 Å². The molecule has 0 atom stereocenters. The average molecular weight is 260 g/mol. The fourth-order valence-corrected chi connectivity index (χ4v) is 2.38. The molecule has 0 unspecified atom stereocenters. The lowest BCUT2D eigenvalue weighted by Gasteiger charge is -2.28. The summed E-state index contributed by atoms with van der Waals surface area (Å²) in [7, 11) is 0. The molecule has 1 rings (SSSR count). The van der Waals surface area contributed by atoms with E-state index in [1.54, 1.807) is 0 Å². The molecule has 1 fully saturated rings. The van der Waals surface area contributed by atoms with Crippen molar-refractivity contribution in [2.24, 2.45) is 11.3 Å². The van der Waals surface area contributed by atoms with Gasteiger partial charge in [0.2, 0.25) is 0 Å². The van der Waals surface area contributed by atoms with Crippen LogP contribution in [0.1, 0.15) is 72.6 Å². The number of allylic oxidation sites excluding steroid dienone is 5. The molecule has 0 bridgehead atoms. The second kappa shape index (κ2) is 7.72. The van der Waals surface area contributed by atoms with E-state index < -0.39 is 0 Å². The van der Waals surface area contributed by atoms with Gasteiger partial charge in [-0.1, -0.05) is 70.9 Å². The van der Waals surface area contributed by atoms with Crippen LogP contribution in [0.25, 0.3) is 0 Å². The van der Waals surface area contributed by atoms with Crippen LogP contribution in [-0.4, -0.2) is 0 Å². The fraction of sp³-hybridized carbons (Fsp3) is 0.684. The van der Waals surface area contributed by atoms with Crippen LogP contribution in [0.4, 0.5) is 0 Å². The molecule has 0 N–H and O–H groups in total. The minimum atomic E-state index is 0.429. The molecule has 19 heavy (non-hydrogen) atoms. The number of hydrogen-bond donors (Lipinski definition) is 0. The lowest BCUT2D eigenvalue weighted by atomic mass is 9.77. The molecule has 108 valence electrons. The molecule has 0 spiro atoms. The Kier molecular flexibility index (Phi) is 6.62. The van der Waals surface area contributed by atoms with Gasteiger partial charge >= 0.3 is 0 Å². The topological polar surface area (TPSA) is 0 Å². The summed E-state index contributed by atoms with van der Waals surface area (Å²) in [6.07, 6.45) is 15.6. The van der Waals surface area contributed by atoms with Crippen LogP contribution in [0.15, 0.2) is 36.0 Å². The third kappa shape index (κ3) is 5.80. The first-order valence-corrected chi connectivity index (χ1v) is 8.08. The summed E-state index contributed by atoms with van der Waals surface area (Å²) in [6, 6.07) is 0. The summed E-state index contributed by atoms with van der Waals surface area (Å²) in [5.41, 5.74) is 3.30. The van der Waals surface area contributed by atoms with Crippen molar-refractivity contribution in [3.8, 4) is 0 Å². The molecule has 1 aliphatic carbocycles. The molecular weight excluding hydrogens is 228 g/mol. The summed E-state index contributed by atoms with van der Waals surface area (Å²) < 4.78 is 0. The largest absolute Gasteiger partial charge is 0.0955 e. The van der Waals surface area contributed by atoms with Crippen molar-refractivity contribution in [3.05, 3.63) is 36.0 Å². The third-order valence-electron chi connectivity index (χ3n) is 4.68. The van der Waals surface area contributed by atoms with Crippen molar-refractivity contribution in [1.29, 1.82) is 0 Å². The number of rotatable bonds is 9. The molecule has 0 radical (unpaired) electrons. The Balaban J connectivity index is 2.75. The second-order valence-electron chi connectivity index (χ2n) is 6.47. The molecule has 0 heteroatoms. The van der Waals surface area contributed by atoms with Gasteiger partial charge in [0.1, 0.15) is 0 Å². The molecule has 0 aromatic carbocycles. The van der Waals surface area contributed by atoms with Crippen LogP contribution in [-0.2, 0) is 0 Å². The van der Waals surface area contributed by atoms with Crippen LogP contribution >= 0.6 is 0 Å². The zero-order chi connectivity index (χ0) is 14.3. The monoisotopic (exact) mass is 260 g/mol. The highest BCUT2D eigenvalue weighted by Gasteiger charge is 2.26. The minimum Gasteiger partial charge on any atom is -0.0955 e. The zero-order valence-electron chi connectivity index (χ0n) is 13.5. The van der Waals surface area contributed by atoms with E-state index >= 15 is 0 Å². The maximum Gasteiger partial charge on any atom is -0.0222 e. The van der Waals surface area contributed by atoms with E-state index in [2.05, 4.69) is 52.5 Å². The maximum atomic E-state index is 4.36. The normalized spacial score (nSPS) is 17.2. The molecule has 1 aliphatic rings. The predicted octanol–water partition coefficient (Wildman–Crippen LogP) is 6.45. The maximum absolute atomic E-state index is 4.36. The lowest BCUT2D eigenvalue weighted by molar-refractivity contribution is 0.296. The molecular formula is C19H32. The van der Waals surface area contributed by atoms with Crippen LogP contribution in [0.5, 0.6) is 0 Å². The van der Waals surface area contributed by atoms with Crippen molar-refractivity contribution in [2.45, 2.75) is 72.6 Å². The Hall–Kier alpha value is -0.780. The van der Waals surface area contributed by atoms with Crippen molar-refractivity contribution >= 4 is 0 Å². The van der Waals surface area contributed by atoms with E-state index in [1.165, 1.54) is 49.7 Å². The Bertz CT molecular complexity index is 335. The van der Waals surface area contributed by atoms with Gasteiger partial charge in [0, 0.05) is 0 Å². The van der Waals surface area contributed by atoms with Gasteiger partial charge in [-0.2, -0.15) is 0 Å². The molecule has 0 nitrogen and oxygen atoms in total. The summed E-state index contributed by atoms with van der Waals surface area (Å²) in [4.78, 5) is 0. The van der Waals surface area contributed by atoms with Crippen molar-refractivity contribution in [2.75, 3.05) is 0 Å². The van der Waals surface area contributed by atoms with Crippen LogP contribution in [0.3, 0.4) is 0 Å². The summed E-state index contributed by atoms with van der Waals surface area (Å²) in [5, 5.41) is 0. The first-order chi connectivity index (χ1) is 9.04. The highest BCUT2D eigenvalue weighted by molar-refractivity contribution is 5.33. The van der Waals surface area contributed by atoms with Crippen molar-refractivity contribution in [1.82, 2.24) is 0 Å². The Morgan fingerprint density at radius 1 is 1.21 bits per heavy atom. The molecule has 0 heterocycles. The van der Waals surface area contributed by atoms with E-state index in [1.807, 2.05) is 0 Å². The standard InChI is InChI=1S/C19H32/c1-6-9-10-11-18(15-19(5,7-2)8-3)16(4)14-17-12-13-17/h9-11,17H,4,6-8,12-15H2,1-3,5H3. The summed E-state index contributed by atoms with van der Waals surface area (Å²) in [5.74, 6) is 0.931. The minimum absolute atomic E-state index is 0.429. The van der Waals surface area contributed by atoms with Gasteiger partial charge in [0.15, 0.2) is 0 Å². The van der Waals surface area contributed by atoms with Crippen LogP contribution in [0.2, 0.25) is 0 Å². The third-order valence-corrected chi connectivity index (χ3v) is 4.68. The second-order valence-corrected chi connectivity index (χ2v) is 6.47. The summed E-state index contributed by atoms with van der Waals surface area (Å²) >= 11 is 0. The molecule has 0 aliphatic heterocycles. The first kappa shape index (κ1) is 16.3. The van der Waals surface area contributed by atoms with E-state index in [0.717, 1.165) is 12.3 Å². The molecule has 1 saturated carbocycles. The number of hydrogen-bond acceptors (Lipinski definition) is 0. The average Bonchev–Trinajstić information content (AvgIpc) is 3.21. The highest BCUT2D eigenvalue weighted by atomic mass is 14.3. The van der Waals surface area contributed by atoms with Gasteiger partial charge < -0.3 is 0 Å². The van der Waals surface area contributed by atoms with E-state index in [0.29, 0.717) is 5.41 Å². The van der Waals surface area contributed by atoms with Crippen molar-refractivity contribution < 1.29 is 0 Å². The predicted molar refractivity (Wildman–Crippen MR) is 87.3 cm³/mol. The van der Waals surface area contributed by atoms with E-state index in [-0.39, 0.29) is 0 Å². The smallest absolute Gasteiger partial charge is 0.0222 e. The van der Waals surface area contributed by atoms with Gasteiger partial charge in [0.05, 0.1) is 0 Å².